The number of carbonyl (C=O) groups is 1. The van der Waals surface area contributed by atoms with E-state index in [1.807, 2.05) is 49.5 Å². The molecule has 0 spiro atoms. The zero-order chi connectivity index (χ0) is 26.6. The van der Waals surface area contributed by atoms with E-state index >= 15 is 0 Å². The maximum absolute atomic E-state index is 14.0. The molecule has 194 valence electrons. The number of thiocarbonyl (C=S) groups is 1. The molecule has 0 bridgehead atoms. The minimum absolute atomic E-state index is 0.139. The highest BCUT2D eigenvalue weighted by atomic mass is 32.1. The van der Waals surface area contributed by atoms with Gasteiger partial charge in [-0.25, -0.2) is 4.39 Å². The number of amides is 1. The number of pyridine rings is 1. The van der Waals surface area contributed by atoms with Gasteiger partial charge in [-0.3, -0.25) is 9.78 Å². The van der Waals surface area contributed by atoms with Crippen molar-refractivity contribution in [2.45, 2.75) is 18.5 Å². The second-order valence-electron chi connectivity index (χ2n) is 9.31. The lowest BCUT2D eigenvalue weighted by molar-refractivity contribution is -0.116. The van der Waals surface area contributed by atoms with Crippen molar-refractivity contribution in [1.82, 2.24) is 19.8 Å². The van der Waals surface area contributed by atoms with E-state index in [9.17, 15) is 9.18 Å². The van der Waals surface area contributed by atoms with Crippen molar-refractivity contribution in [3.05, 3.63) is 108 Å². The first kappa shape index (κ1) is 25.4. The quantitative estimate of drug-likeness (QED) is 0.311. The van der Waals surface area contributed by atoms with E-state index in [-0.39, 0.29) is 30.1 Å². The zero-order valence-corrected chi connectivity index (χ0v) is 22.0. The molecule has 9 heteroatoms. The fraction of sp³-hybridized carbons (Fsp3) is 0.207. The maximum Gasteiger partial charge on any atom is 0.226 e. The van der Waals surface area contributed by atoms with Crippen LogP contribution < -0.4 is 15.5 Å². The van der Waals surface area contributed by atoms with Gasteiger partial charge in [-0.05, 0) is 72.9 Å². The molecule has 2 N–H and O–H groups in total. The van der Waals surface area contributed by atoms with Crippen molar-refractivity contribution >= 4 is 34.6 Å². The van der Waals surface area contributed by atoms with Gasteiger partial charge in [0.2, 0.25) is 5.91 Å². The number of hydrogen-bond acceptors (Lipinski definition) is 4. The number of hydrogen-bond donors (Lipinski definition) is 2. The molecule has 0 unspecified atom stereocenters. The van der Waals surface area contributed by atoms with Gasteiger partial charge in [0.05, 0.1) is 23.5 Å². The molecule has 0 aliphatic carbocycles. The summed E-state index contributed by atoms with van der Waals surface area (Å²) in [6.45, 7) is 0.352. The Hall–Kier alpha value is -4.24. The average Bonchev–Trinajstić information content (AvgIpc) is 3.53. The lowest BCUT2D eigenvalue weighted by Gasteiger charge is -2.29. The average molecular weight is 529 g/mol. The first-order valence-corrected chi connectivity index (χ1v) is 12.8. The summed E-state index contributed by atoms with van der Waals surface area (Å²) in [7, 11) is 4.03. The summed E-state index contributed by atoms with van der Waals surface area (Å²) in [5.74, 6) is -0.752. The van der Waals surface area contributed by atoms with Crippen LogP contribution in [0.4, 0.5) is 15.8 Å². The summed E-state index contributed by atoms with van der Waals surface area (Å²) in [4.78, 5) is 21.4. The first-order chi connectivity index (χ1) is 18.4. The van der Waals surface area contributed by atoms with E-state index in [0.29, 0.717) is 11.7 Å². The normalized spacial score (nSPS) is 16.8. The number of anilines is 2. The second kappa shape index (κ2) is 11.0. The highest BCUT2D eigenvalue weighted by molar-refractivity contribution is 7.80. The van der Waals surface area contributed by atoms with Crippen LogP contribution in [0.5, 0.6) is 0 Å². The lowest BCUT2D eigenvalue weighted by atomic mass is 10.0. The minimum atomic E-state index is -0.467. The summed E-state index contributed by atoms with van der Waals surface area (Å²) in [5, 5.41) is 6.64. The third-order valence-electron chi connectivity index (χ3n) is 6.65. The predicted octanol–water partition coefficient (Wildman–Crippen LogP) is 5.08. The van der Waals surface area contributed by atoms with Gasteiger partial charge in [-0.1, -0.05) is 18.2 Å². The monoisotopic (exact) mass is 528 g/mol. The van der Waals surface area contributed by atoms with Crippen LogP contribution in [0.1, 0.15) is 29.9 Å². The van der Waals surface area contributed by atoms with Gasteiger partial charge in [0, 0.05) is 56.5 Å². The molecule has 7 nitrogen and oxygen atoms in total. The second-order valence-corrected chi connectivity index (χ2v) is 9.70. The van der Waals surface area contributed by atoms with Crippen LogP contribution in [0.25, 0.3) is 5.69 Å². The van der Waals surface area contributed by atoms with Gasteiger partial charge < -0.3 is 25.0 Å². The predicted molar refractivity (Wildman–Crippen MR) is 152 cm³/mol. The molecule has 2 aromatic carbocycles. The number of nitrogens with zero attached hydrogens (tertiary/aromatic N) is 4. The van der Waals surface area contributed by atoms with Gasteiger partial charge in [0.25, 0.3) is 0 Å². The van der Waals surface area contributed by atoms with E-state index in [4.69, 9.17) is 12.2 Å². The van der Waals surface area contributed by atoms with Gasteiger partial charge in [0.15, 0.2) is 5.11 Å². The molecule has 1 aliphatic rings. The lowest BCUT2D eigenvalue weighted by Crippen LogP contribution is -2.33. The largest absolute Gasteiger partial charge is 0.378 e. The Kier molecular flexibility index (Phi) is 7.37. The molecular weight excluding hydrogens is 499 g/mol. The highest BCUT2D eigenvalue weighted by Gasteiger charge is 2.41. The van der Waals surface area contributed by atoms with Gasteiger partial charge in [0.1, 0.15) is 5.82 Å². The van der Waals surface area contributed by atoms with Crippen LogP contribution in [0.3, 0.4) is 0 Å². The minimum Gasteiger partial charge on any atom is -0.378 e. The van der Waals surface area contributed by atoms with Crippen LogP contribution in [0, 0.1) is 5.82 Å². The molecule has 2 aromatic heterocycles. The standard InChI is InChI=1S/C29H29FN6OS/c1-34(2)20-12-14-21(15-13-20)35-18-7-11-25(35)28-27(24-10-5-6-17-31-24)33-29(38)36(28)19-16-26(37)32-23-9-4-3-8-22(23)30/h3-15,17-18,27-28H,16,19H2,1-2H3,(H,32,37)(H,33,38)/t27-,28+/m1/s1. The van der Waals surface area contributed by atoms with E-state index in [1.54, 1.807) is 24.4 Å². The Balaban J connectivity index is 1.44. The van der Waals surface area contributed by atoms with Crippen LogP contribution in [-0.2, 0) is 4.79 Å². The molecule has 38 heavy (non-hydrogen) atoms. The molecular formula is C29H29FN6OS. The smallest absolute Gasteiger partial charge is 0.226 e. The summed E-state index contributed by atoms with van der Waals surface area (Å²) < 4.78 is 16.2. The van der Waals surface area contributed by atoms with E-state index in [2.05, 4.69) is 55.4 Å². The van der Waals surface area contributed by atoms with E-state index in [0.717, 1.165) is 22.8 Å². The fourth-order valence-electron chi connectivity index (χ4n) is 4.75. The molecule has 0 radical (unpaired) electrons. The number of carbonyl (C=O) groups excluding carboxylic acids is 1. The van der Waals surface area contributed by atoms with Gasteiger partial charge in [-0.2, -0.15) is 0 Å². The van der Waals surface area contributed by atoms with Gasteiger partial charge in [-0.15, -0.1) is 0 Å². The number of halogens is 1. The summed E-state index contributed by atoms with van der Waals surface area (Å²) in [6, 6.07) is 23.9. The Bertz CT molecular complexity index is 1420. The Morgan fingerprint density at radius 2 is 1.82 bits per heavy atom. The van der Waals surface area contributed by atoms with Gasteiger partial charge >= 0.3 is 0 Å². The van der Waals surface area contributed by atoms with E-state index < -0.39 is 5.82 Å². The first-order valence-electron chi connectivity index (χ1n) is 12.4. The molecule has 1 saturated heterocycles. The molecule has 4 aromatic rings. The number of rotatable bonds is 8. The SMILES string of the molecule is CN(C)c1ccc(-n2cccc2[C@H]2[C@@H](c3ccccn3)NC(=S)N2CCC(=O)Nc2ccccc2F)cc1. The molecule has 5 rings (SSSR count). The zero-order valence-electron chi connectivity index (χ0n) is 21.2. The van der Waals surface area contributed by atoms with Crippen molar-refractivity contribution in [2.75, 3.05) is 30.9 Å². The molecule has 2 atom stereocenters. The molecule has 1 fully saturated rings. The fourth-order valence-corrected chi connectivity index (χ4v) is 5.08. The van der Waals surface area contributed by atoms with Crippen LogP contribution in [0.15, 0.2) is 91.3 Å². The molecule has 3 heterocycles. The number of nitrogens with one attached hydrogen (secondary N) is 2. The third kappa shape index (κ3) is 5.24. The van der Waals surface area contributed by atoms with Crippen molar-refractivity contribution in [3.63, 3.8) is 0 Å². The molecule has 1 aliphatic heterocycles. The van der Waals surface area contributed by atoms with Crippen molar-refractivity contribution in [3.8, 4) is 5.69 Å². The van der Waals surface area contributed by atoms with Crippen molar-refractivity contribution < 1.29 is 9.18 Å². The molecule has 0 saturated carbocycles. The van der Waals surface area contributed by atoms with Crippen molar-refractivity contribution in [2.24, 2.45) is 0 Å². The number of para-hydroxylation sites is 1. The van der Waals surface area contributed by atoms with E-state index in [1.165, 1.54) is 6.07 Å². The topological polar surface area (TPSA) is 65.4 Å². The summed E-state index contributed by atoms with van der Waals surface area (Å²) in [6.07, 6.45) is 3.93. The Morgan fingerprint density at radius 3 is 2.53 bits per heavy atom. The third-order valence-corrected chi connectivity index (χ3v) is 7.01. The molecule has 1 amide bonds. The number of benzene rings is 2. The Labute approximate surface area is 226 Å². The summed E-state index contributed by atoms with van der Waals surface area (Å²) >= 11 is 5.76. The summed E-state index contributed by atoms with van der Waals surface area (Å²) in [5.41, 5.74) is 4.16. The number of aromatic nitrogens is 2. The van der Waals surface area contributed by atoms with Crippen LogP contribution in [-0.4, -0.2) is 46.1 Å². The van der Waals surface area contributed by atoms with Crippen molar-refractivity contribution in [1.29, 1.82) is 0 Å². The van der Waals surface area contributed by atoms with Crippen LogP contribution in [0.2, 0.25) is 0 Å². The Morgan fingerprint density at radius 1 is 1.05 bits per heavy atom. The van der Waals surface area contributed by atoms with Crippen LogP contribution >= 0.6 is 12.2 Å². The highest BCUT2D eigenvalue weighted by Crippen LogP contribution is 2.39. The maximum atomic E-state index is 14.0.